The van der Waals surface area contributed by atoms with Gasteiger partial charge in [0.05, 0.1) is 0 Å². The molecule has 0 unspecified atom stereocenters. The summed E-state index contributed by atoms with van der Waals surface area (Å²) in [5.74, 6) is 0. The van der Waals surface area contributed by atoms with Crippen molar-refractivity contribution in [3.63, 3.8) is 0 Å². The van der Waals surface area contributed by atoms with Gasteiger partial charge in [0, 0.05) is 0 Å². The van der Waals surface area contributed by atoms with Crippen molar-refractivity contribution >= 4 is 16.6 Å². The van der Waals surface area contributed by atoms with E-state index in [0.29, 0.717) is 0 Å². The highest BCUT2D eigenvalue weighted by atomic mass is 28.4. The number of allylic oxidation sites excluding steroid dienone is 2. The Kier molecular flexibility index (Phi) is 20.4. The molecule has 184 valence electrons. The second-order valence-electron chi connectivity index (χ2n) is 9.78. The molecule has 3 heteroatoms. The van der Waals surface area contributed by atoms with Gasteiger partial charge in [-0.3, -0.25) is 0 Å². The molecular weight excluding hydrogens is 408 g/mol. The van der Waals surface area contributed by atoms with Gasteiger partial charge in [-0.2, -0.15) is 0 Å². The van der Waals surface area contributed by atoms with Gasteiger partial charge in [-0.15, -0.1) is 13.2 Å². The molecule has 0 radical (unpaired) electrons. The van der Waals surface area contributed by atoms with Gasteiger partial charge < -0.3 is 4.12 Å². The van der Waals surface area contributed by atoms with E-state index < -0.39 is 16.6 Å². The average Bonchev–Trinajstić information content (AvgIpc) is 2.80. The first-order chi connectivity index (χ1) is 15.1. The minimum Gasteiger partial charge on any atom is -0.455 e. The van der Waals surface area contributed by atoms with Crippen LogP contribution in [0.25, 0.3) is 0 Å². The summed E-state index contributed by atoms with van der Waals surface area (Å²) in [6.45, 7) is 17.3. The van der Waals surface area contributed by atoms with E-state index >= 15 is 0 Å². The summed E-state index contributed by atoms with van der Waals surface area (Å²) < 4.78 is 7.40. The van der Waals surface area contributed by atoms with E-state index in [9.17, 15) is 0 Å². The fraction of sp³-hybridized carbons (Fsp3) is 0.857. The largest absolute Gasteiger partial charge is 0.455 e. The Morgan fingerprint density at radius 3 is 1.13 bits per heavy atom. The molecule has 0 spiro atoms. The van der Waals surface area contributed by atoms with Gasteiger partial charge in [-0.25, -0.2) is 0 Å². The highest BCUT2D eigenvalue weighted by molar-refractivity contribution is 6.87. The molecule has 0 saturated carbocycles. The lowest BCUT2D eigenvalue weighted by Crippen LogP contribution is -2.50. The zero-order chi connectivity index (χ0) is 23.3. The summed E-state index contributed by atoms with van der Waals surface area (Å²) in [4.78, 5) is 0. The smallest absolute Gasteiger partial charge is 0.179 e. The zero-order valence-electron chi connectivity index (χ0n) is 22.1. The van der Waals surface area contributed by atoms with Crippen LogP contribution in [-0.4, -0.2) is 16.6 Å². The van der Waals surface area contributed by atoms with Crippen LogP contribution in [0.15, 0.2) is 25.3 Å². The number of rotatable bonds is 24. The van der Waals surface area contributed by atoms with Crippen LogP contribution in [0.5, 0.6) is 0 Å². The van der Waals surface area contributed by atoms with Gasteiger partial charge in [0.15, 0.2) is 16.6 Å². The van der Waals surface area contributed by atoms with Crippen molar-refractivity contribution in [1.82, 2.24) is 0 Å². The molecule has 0 aliphatic rings. The summed E-state index contributed by atoms with van der Waals surface area (Å²) in [6, 6.07) is 8.10. The van der Waals surface area contributed by atoms with Crippen LogP contribution in [0.1, 0.15) is 118 Å². The predicted octanol–water partition coefficient (Wildman–Crippen LogP) is 10.8. The van der Waals surface area contributed by atoms with E-state index in [2.05, 4.69) is 53.0 Å². The molecule has 0 aliphatic carbocycles. The molecule has 0 heterocycles. The first kappa shape index (κ1) is 30.9. The van der Waals surface area contributed by atoms with E-state index in [-0.39, 0.29) is 0 Å². The Hall–Kier alpha value is -0.126. The summed E-state index contributed by atoms with van der Waals surface area (Å²) >= 11 is 0. The standard InChI is InChI=1S/C28H58OSi2/c1-7-13-15-17-19-21-23-25-27-31(12-6,29-30(9-3,10-4)11-5)28-26-24-22-20-18-16-14-8-2/h7-8H,1-2,9-28H2,3-6H3. The third kappa shape index (κ3) is 14.6. The highest BCUT2D eigenvalue weighted by Crippen LogP contribution is 2.35. The Morgan fingerprint density at radius 1 is 0.484 bits per heavy atom. The van der Waals surface area contributed by atoms with E-state index in [4.69, 9.17) is 4.12 Å². The van der Waals surface area contributed by atoms with Crippen molar-refractivity contribution in [3.05, 3.63) is 25.3 Å². The molecule has 1 nitrogen and oxygen atoms in total. The zero-order valence-corrected chi connectivity index (χ0v) is 24.1. The van der Waals surface area contributed by atoms with Crippen molar-refractivity contribution in [2.24, 2.45) is 0 Å². The lowest BCUT2D eigenvalue weighted by molar-refractivity contribution is 0.489. The Bertz CT molecular complexity index is 385. The van der Waals surface area contributed by atoms with Crippen molar-refractivity contribution in [1.29, 1.82) is 0 Å². The maximum Gasteiger partial charge on any atom is 0.179 e. The average molecular weight is 467 g/mol. The molecule has 0 fully saturated rings. The Labute approximate surface area is 199 Å². The number of hydrogen-bond donors (Lipinski definition) is 0. The normalized spacial score (nSPS) is 12.3. The van der Waals surface area contributed by atoms with Crippen LogP contribution in [-0.2, 0) is 4.12 Å². The molecule has 0 rings (SSSR count). The minimum absolute atomic E-state index is 1.19. The Morgan fingerprint density at radius 2 is 0.806 bits per heavy atom. The fourth-order valence-electron chi connectivity index (χ4n) is 4.96. The van der Waals surface area contributed by atoms with Crippen LogP contribution in [0, 0.1) is 0 Å². The quantitative estimate of drug-likeness (QED) is 0.0780. The molecule has 0 aliphatic heterocycles. The third-order valence-electron chi connectivity index (χ3n) is 7.59. The van der Waals surface area contributed by atoms with Gasteiger partial charge in [-0.05, 0) is 61.9 Å². The van der Waals surface area contributed by atoms with E-state index in [1.807, 2.05) is 0 Å². The second-order valence-corrected chi connectivity index (χ2v) is 19.2. The number of unbranched alkanes of at least 4 members (excludes halogenated alkanes) is 12. The second kappa shape index (κ2) is 20.5. The number of hydrogen-bond acceptors (Lipinski definition) is 1. The van der Waals surface area contributed by atoms with E-state index in [1.165, 1.54) is 126 Å². The van der Waals surface area contributed by atoms with Crippen molar-refractivity contribution in [2.75, 3.05) is 0 Å². The highest BCUT2D eigenvalue weighted by Gasteiger charge is 2.40. The van der Waals surface area contributed by atoms with Crippen LogP contribution in [0.4, 0.5) is 0 Å². The van der Waals surface area contributed by atoms with E-state index in [1.54, 1.807) is 0 Å². The molecule has 0 atom stereocenters. The summed E-state index contributed by atoms with van der Waals surface area (Å²) in [6.07, 6.45) is 23.2. The van der Waals surface area contributed by atoms with Gasteiger partial charge in [-0.1, -0.05) is 104 Å². The lowest BCUT2D eigenvalue weighted by atomic mass is 10.1. The first-order valence-electron chi connectivity index (χ1n) is 14.0. The van der Waals surface area contributed by atoms with E-state index in [0.717, 1.165) is 0 Å². The molecule has 0 amide bonds. The fourth-order valence-corrected chi connectivity index (χ4v) is 16.0. The third-order valence-corrected chi connectivity index (χ3v) is 18.7. The minimum atomic E-state index is -1.59. The molecule has 0 N–H and O–H groups in total. The molecular formula is C28H58OSi2. The summed E-state index contributed by atoms with van der Waals surface area (Å²) in [7, 11) is -3.11. The van der Waals surface area contributed by atoms with Crippen molar-refractivity contribution in [2.45, 2.75) is 154 Å². The monoisotopic (exact) mass is 466 g/mol. The van der Waals surface area contributed by atoms with Gasteiger partial charge in [0.2, 0.25) is 0 Å². The topological polar surface area (TPSA) is 9.23 Å². The van der Waals surface area contributed by atoms with Crippen LogP contribution in [0.2, 0.25) is 36.3 Å². The lowest BCUT2D eigenvalue weighted by Gasteiger charge is -2.41. The summed E-state index contributed by atoms with van der Waals surface area (Å²) in [5, 5.41) is 0. The van der Waals surface area contributed by atoms with Crippen LogP contribution < -0.4 is 0 Å². The molecule has 31 heavy (non-hydrogen) atoms. The van der Waals surface area contributed by atoms with Crippen molar-refractivity contribution < 1.29 is 4.12 Å². The molecule has 0 aromatic heterocycles. The maximum absolute atomic E-state index is 7.40. The van der Waals surface area contributed by atoms with Gasteiger partial charge >= 0.3 is 0 Å². The SMILES string of the molecule is C=CCCCCCCCC[Si](CC)(CCCCCCCCC=C)O[Si](CC)(CC)CC. The molecule has 0 saturated heterocycles. The molecule has 0 bridgehead atoms. The molecule has 0 aromatic rings. The first-order valence-corrected chi connectivity index (χ1v) is 19.1. The summed E-state index contributed by atoms with van der Waals surface area (Å²) in [5.41, 5.74) is 0. The van der Waals surface area contributed by atoms with Crippen molar-refractivity contribution in [3.8, 4) is 0 Å². The van der Waals surface area contributed by atoms with Crippen LogP contribution >= 0.6 is 0 Å². The predicted molar refractivity (Wildman–Crippen MR) is 149 cm³/mol. The van der Waals surface area contributed by atoms with Gasteiger partial charge in [0.25, 0.3) is 0 Å². The maximum atomic E-state index is 7.40. The van der Waals surface area contributed by atoms with Crippen LogP contribution in [0.3, 0.4) is 0 Å². The van der Waals surface area contributed by atoms with Gasteiger partial charge in [0.1, 0.15) is 0 Å². The molecule has 0 aromatic carbocycles. The Balaban J connectivity index is 4.63.